The predicted octanol–water partition coefficient (Wildman–Crippen LogP) is 4.35. The molecular weight excluding hydrogens is 428 g/mol. The van der Waals surface area contributed by atoms with Crippen LogP contribution in [0.15, 0.2) is 58.3 Å². The molecular formula is C24H20N2O5S. The van der Waals surface area contributed by atoms with E-state index in [-0.39, 0.29) is 30.6 Å². The number of ketones is 1. The van der Waals surface area contributed by atoms with Gasteiger partial charge in [-0.1, -0.05) is 18.2 Å². The molecule has 0 spiro atoms. The van der Waals surface area contributed by atoms with Crippen molar-refractivity contribution >= 4 is 39.7 Å². The van der Waals surface area contributed by atoms with Crippen LogP contribution in [0.25, 0.3) is 22.2 Å². The highest BCUT2D eigenvalue weighted by Gasteiger charge is 2.29. The molecule has 32 heavy (non-hydrogen) atoms. The van der Waals surface area contributed by atoms with Crippen molar-refractivity contribution in [2.75, 3.05) is 31.8 Å². The number of Topliss-reactive ketones (excluding diaryl/α,β-unsaturated/α-hetero) is 1. The zero-order valence-corrected chi connectivity index (χ0v) is 18.2. The molecule has 1 aliphatic rings. The topological polar surface area (TPSA) is 81.9 Å². The van der Waals surface area contributed by atoms with Gasteiger partial charge in [0.25, 0.3) is 5.91 Å². The average molecular weight is 449 g/mol. The van der Waals surface area contributed by atoms with E-state index in [1.807, 2.05) is 47.8 Å². The highest BCUT2D eigenvalue weighted by molar-refractivity contribution is 7.09. The van der Waals surface area contributed by atoms with Gasteiger partial charge in [-0.3, -0.25) is 14.5 Å². The van der Waals surface area contributed by atoms with Gasteiger partial charge in [0.05, 0.1) is 29.5 Å². The second-order valence-corrected chi connectivity index (χ2v) is 8.33. The number of benzene rings is 2. The molecule has 0 saturated carbocycles. The van der Waals surface area contributed by atoms with Gasteiger partial charge in [0.2, 0.25) is 5.78 Å². The van der Waals surface area contributed by atoms with Gasteiger partial charge in [-0.25, -0.2) is 4.98 Å². The number of furan rings is 1. The third-order valence-corrected chi connectivity index (χ3v) is 6.18. The number of hydrogen-bond donors (Lipinski definition) is 0. The lowest BCUT2D eigenvalue weighted by molar-refractivity contribution is -0.121. The van der Waals surface area contributed by atoms with Gasteiger partial charge >= 0.3 is 0 Å². The number of para-hydroxylation sites is 1. The minimum absolute atomic E-state index is 0.113. The van der Waals surface area contributed by atoms with Gasteiger partial charge in [-0.05, 0) is 30.3 Å². The summed E-state index contributed by atoms with van der Waals surface area (Å²) in [5.41, 5.74) is 2.85. The highest BCUT2D eigenvalue weighted by Crippen LogP contribution is 2.36. The van der Waals surface area contributed by atoms with Crippen molar-refractivity contribution in [1.29, 1.82) is 0 Å². The Balaban J connectivity index is 1.43. The van der Waals surface area contributed by atoms with Crippen molar-refractivity contribution in [3.05, 3.63) is 64.7 Å². The smallest absolute Gasteiger partial charge is 0.265 e. The largest absolute Gasteiger partial charge is 0.482 e. The first-order valence-electron chi connectivity index (χ1n) is 10.1. The Kier molecular flexibility index (Phi) is 5.46. The summed E-state index contributed by atoms with van der Waals surface area (Å²) in [4.78, 5) is 31.7. The number of ether oxygens (including phenoxy) is 2. The molecule has 0 saturated heterocycles. The second kappa shape index (κ2) is 8.57. The normalized spacial score (nSPS) is 13.3. The molecule has 162 valence electrons. The van der Waals surface area contributed by atoms with Crippen LogP contribution >= 0.6 is 11.3 Å². The van der Waals surface area contributed by atoms with Crippen LogP contribution in [-0.4, -0.2) is 43.5 Å². The Labute approximate surface area is 188 Å². The van der Waals surface area contributed by atoms with Crippen LogP contribution in [0.1, 0.15) is 15.6 Å². The van der Waals surface area contributed by atoms with E-state index in [0.717, 1.165) is 28.1 Å². The fourth-order valence-corrected chi connectivity index (χ4v) is 4.41. The maximum absolute atomic E-state index is 12.9. The summed E-state index contributed by atoms with van der Waals surface area (Å²) in [5.74, 6) is 0.229. The van der Waals surface area contributed by atoms with Gasteiger partial charge in [-0.2, -0.15) is 0 Å². The number of carbonyl (C=O) groups excluding carboxylic acids is 2. The molecule has 5 rings (SSSR count). The van der Waals surface area contributed by atoms with Gasteiger partial charge in [-0.15, -0.1) is 11.3 Å². The molecule has 0 atom stereocenters. The standard InChI is InChI=1S/C24H20N2O5S/c1-29-9-8-23-25-17(14-32-23)15-6-7-21-18(10-15)26(24(28)13-30-21)12-19(27)22-11-16-4-2-3-5-20(16)31-22/h2-7,10-11,14H,8-9,12-13H2,1H3. The molecule has 3 heterocycles. The summed E-state index contributed by atoms with van der Waals surface area (Å²) in [6.07, 6.45) is 0.742. The third-order valence-electron chi connectivity index (χ3n) is 5.27. The Morgan fingerprint density at radius 2 is 2.09 bits per heavy atom. The van der Waals surface area contributed by atoms with Crippen molar-refractivity contribution in [2.24, 2.45) is 0 Å². The number of hydrogen-bond acceptors (Lipinski definition) is 7. The van der Waals surface area contributed by atoms with Crippen molar-refractivity contribution < 1.29 is 23.5 Å². The third kappa shape index (κ3) is 3.90. The van der Waals surface area contributed by atoms with Crippen LogP contribution in [-0.2, 0) is 16.0 Å². The predicted molar refractivity (Wildman–Crippen MR) is 122 cm³/mol. The second-order valence-electron chi connectivity index (χ2n) is 7.39. The van der Waals surface area contributed by atoms with Crippen molar-refractivity contribution in [2.45, 2.75) is 6.42 Å². The van der Waals surface area contributed by atoms with E-state index >= 15 is 0 Å². The van der Waals surface area contributed by atoms with E-state index in [1.165, 1.54) is 4.90 Å². The van der Waals surface area contributed by atoms with Crippen LogP contribution in [0.3, 0.4) is 0 Å². The number of carbonyl (C=O) groups is 2. The number of thiazole rings is 1. The van der Waals surface area contributed by atoms with Crippen LogP contribution in [0.2, 0.25) is 0 Å². The summed E-state index contributed by atoms with van der Waals surface area (Å²) in [6, 6.07) is 14.7. The maximum Gasteiger partial charge on any atom is 0.265 e. The van der Waals surface area contributed by atoms with Crippen LogP contribution in [0, 0.1) is 0 Å². The Morgan fingerprint density at radius 1 is 1.22 bits per heavy atom. The van der Waals surface area contributed by atoms with Gasteiger partial charge in [0, 0.05) is 29.9 Å². The SMILES string of the molecule is COCCc1nc(-c2ccc3c(c2)N(CC(=O)c2cc4ccccc4o2)C(=O)CO3)cs1. The lowest BCUT2D eigenvalue weighted by Gasteiger charge is -2.29. The molecule has 2 aromatic heterocycles. The number of anilines is 1. The van der Waals surface area contributed by atoms with Crippen LogP contribution in [0.5, 0.6) is 5.75 Å². The molecule has 2 aromatic carbocycles. The Morgan fingerprint density at radius 3 is 2.94 bits per heavy atom. The fourth-order valence-electron chi connectivity index (χ4n) is 3.62. The number of nitrogens with zero attached hydrogens (tertiary/aromatic N) is 2. The van der Waals surface area contributed by atoms with Crippen molar-refractivity contribution in [3.63, 3.8) is 0 Å². The summed E-state index contributed by atoms with van der Waals surface area (Å²) in [6.45, 7) is 0.364. The molecule has 4 aromatic rings. The lowest BCUT2D eigenvalue weighted by atomic mass is 10.1. The molecule has 0 N–H and O–H groups in total. The molecule has 0 bridgehead atoms. The first kappa shape index (κ1) is 20.4. The number of amides is 1. The monoisotopic (exact) mass is 448 g/mol. The molecule has 0 aliphatic carbocycles. The van der Waals surface area contributed by atoms with Crippen molar-refractivity contribution in [1.82, 2.24) is 4.98 Å². The zero-order valence-electron chi connectivity index (χ0n) is 17.4. The van der Waals surface area contributed by atoms with Crippen molar-refractivity contribution in [3.8, 4) is 17.0 Å². The minimum Gasteiger partial charge on any atom is -0.482 e. The fraction of sp³-hybridized carbons (Fsp3) is 0.208. The minimum atomic E-state index is -0.279. The van der Waals surface area contributed by atoms with E-state index in [0.29, 0.717) is 23.6 Å². The molecule has 0 unspecified atom stereocenters. The molecule has 0 radical (unpaired) electrons. The highest BCUT2D eigenvalue weighted by atomic mass is 32.1. The Bertz CT molecular complexity index is 1280. The summed E-state index contributed by atoms with van der Waals surface area (Å²) in [5, 5.41) is 3.80. The number of fused-ring (bicyclic) bond motifs is 2. The van der Waals surface area contributed by atoms with Crippen LogP contribution < -0.4 is 9.64 Å². The zero-order chi connectivity index (χ0) is 22.1. The van der Waals surface area contributed by atoms with Crippen LogP contribution in [0.4, 0.5) is 5.69 Å². The molecule has 8 heteroatoms. The average Bonchev–Trinajstić information content (AvgIpc) is 3.46. The molecule has 7 nitrogen and oxygen atoms in total. The van der Waals surface area contributed by atoms with E-state index in [2.05, 4.69) is 4.98 Å². The molecule has 1 amide bonds. The quantitative estimate of drug-likeness (QED) is 0.391. The first-order chi connectivity index (χ1) is 15.6. The van der Waals surface area contributed by atoms with E-state index in [9.17, 15) is 9.59 Å². The molecule has 0 fully saturated rings. The number of rotatable bonds is 7. The maximum atomic E-state index is 12.9. The van der Waals surface area contributed by atoms with E-state index in [4.69, 9.17) is 13.9 Å². The summed E-state index contributed by atoms with van der Waals surface area (Å²) < 4.78 is 16.4. The van der Waals surface area contributed by atoms with Gasteiger partial charge in [0.15, 0.2) is 12.4 Å². The van der Waals surface area contributed by atoms with E-state index in [1.54, 1.807) is 24.5 Å². The van der Waals surface area contributed by atoms with Gasteiger partial charge in [0.1, 0.15) is 11.3 Å². The first-order valence-corrected chi connectivity index (χ1v) is 11.0. The molecule has 1 aliphatic heterocycles. The van der Waals surface area contributed by atoms with E-state index < -0.39 is 0 Å². The summed E-state index contributed by atoms with van der Waals surface area (Å²) >= 11 is 1.56. The Hall–Kier alpha value is -3.49. The lowest BCUT2D eigenvalue weighted by Crippen LogP contribution is -2.42. The number of methoxy groups -OCH3 is 1. The number of aromatic nitrogens is 1. The summed E-state index contributed by atoms with van der Waals surface area (Å²) in [7, 11) is 1.66. The van der Waals surface area contributed by atoms with Gasteiger partial charge < -0.3 is 13.9 Å².